The van der Waals surface area contributed by atoms with Crippen LogP contribution in [0.5, 0.6) is 0 Å². The molecule has 0 saturated heterocycles. The van der Waals surface area contributed by atoms with Crippen LogP contribution in [0.25, 0.3) is 0 Å². The van der Waals surface area contributed by atoms with E-state index in [-0.39, 0.29) is 0 Å². The van der Waals surface area contributed by atoms with E-state index >= 15 is 0 Å². The Balaban J connectivity index is 1.97. The molecule has 0 aromatic rings. The molecular weight excluding hydrogens is 181 g/mol. The van der Waals surface area contributed by atoms with Crippen LogP contribution in [-0.2, 0) is 0 Å². The van der Waals surface area contributed by atoms with E-state index in [4.69, 9.17) is 0 Å². The zero-order chi connectivity index (χ0) is 3.41. The molecule has 0 fully saturated rings. The first-order valence-electron chi connectivity index (χ1n) is 0.930. The first-order valence-corrected chi connectivity index (χ1v) is 5.00. The number of alkyl halides is 1. The average Bonchev–Trinajstić information content (AvgIpc) is 1.37. The molecule has 3 heteroatoms. The second kappa shape index (κ2) is 4.22. The van der Waals surface area contributed by atoms with Crippen LogP contribution in [0.3, 0.4) is 0 Å². The first-order chi connectivity index (χ1) is 1.91. The fraction of sp³-hybridized carbons (Fsp3) is 1.00. The van der Waals surface area contributed by atoms with Gasteiger partial charge in [0, 0.05) is 0 Å². The molecule has 0 N–H and O–H groups in total. The fourth-order valence-corrected chi connectivity index (χ4v) is 0. The van der Waals surface area contributed by atoms with Crippen LogP contribution in [0.1, 0.15) is 0 Å². The zero-order valence-corrected chi connectivity index (χ0v) is 5.84. The normalized spacial score (nSPS) is 7.50. The summed E-state index contributed by atoms with van der Waals surface area (Å²) in [5, 5.41) is 0. The molecule has 0 bridgehead atoms. The number of halogens is 1. The maximum absolute atomic E-state index is 2.58. The van der Waals surface area contributed by atoms with Crippen LogP contribution >= 0.6 is 9.12 Å². The van der Waals surface area contributed by atoms with Gasteiger partial charge in [-0.05, 0) is 0 Å². The van der Waals surface area contributed by atoms with Crippen molar-refractivity contribution in [3.8, 4) is 0 Å². The van der Waals surface area contributed by atoms with Crippen LogP contribution in [0.4, 0.5) is 0 Å². The molecule has 0 saturated carbocycles. The van der Waals surface area contributed by atoms with Crippen LogP contribution in [-0.4, -0.2) is 9.79 Å². The predicted molar refractivity (Wildman–Crippen MR) is 21.4 cm³/mol. The van der Waals surface area contributed by atoms with Crippen molar-refractivity contribution in [2.45, 2.75) is 0 Å². The van der Waals surface area contributed by atoms with E-state index < -0.39 is 0 Å². The molecule has 1 atom stereocenters. The van der Waals surface area contributed by atoms with Gasteiger partial charge < -0.3 is 0 Å². The molecule has 1 unspecified atom stereocenters. The van der Waals surface area contributed by atoms with Crippen molar-refractivity contribution in [3.05, 3.63) is 0 Å². The summed E-state index contributed by atoms with van der Waals surface area (Å²) in [5.41, 5.74) is 0. The van der Waals surface area contributed by atoms with Crippen molar-refractivity contribution >= 4 is 14.0 Å². The number of rotatable bonds is 1. The molecule has 1 radical (unpaired) electrons. The SMILES string of the molecule is C[I-][B]P. The molecule has 0 spiro atoms. The van der Waals surface area contributed by atoms with Gasteiger partial charge >= 0.3 is 39.9 Å². The topological polar surface area (TPSA) is 0 Å². The molecule has 0 aliphatic heterocycles. The Morgan fingerprint density at radius 1 is 2.00 bits per heavy atom. The van der Waals surface area contributed by atoms with Gasteiger partial charge in [-0.2, -0.15) is 0 Å². The Kier molecular flexibility index (Phi) is 5.52. The molecule has 0 aromatic heterocycles. The second-order valence-electron chi connectivity index (χ2n) is 0.344. The van der Waals surface area contributed by atoms with Crippen molar-refractivity contribution in [2.75, 3.05) is 4.93 Å². The van der Waals surface area contributed by atoms with Crippen molar-refractivity contribution in [2.24, 2.45) is 0 Å². The standard InChI is InChI=1S/CH5BIP/c1-3-2-4/h4H2,1H3/q-1. The molecular formula is CH5BIP-. The molecule has 0 aliphatic carbocycles. The Hall–Kier alpha value is 1.22. The van der Waals surface area contributed by atoms with Gasteiger partial charge in [0.25, 0.3) is 0 Å². The van der Waals surface area contributed by atoms with Gasteiger partial charge in [0.2, 0.25) is 0 Å². The summed E-state index contributed by atoms with van der Waals surface area (Å²) in [6.45, 7) is 0. The Labute approximate surface area is 40.1 Å². The molecule has 0 rings (SSSR count). The molecule has 4 heavy (non-hydrogen) atoms. The van der Waals surface area contributed by atoms with Crippen molar-refractivity contribution < 1.29 is 21.0 Å². The van der Waals surface area contributed by atoms with E-state index in [1.54, 1.807) is 0 Å². The van der Waals surface area contributed by atoms with Crippen molar-refractivity contribution in [1.29, 1.82) is 0 Å². The monoisotopic (exact) mass is 186 g/mol. The Morgan fingerprint density at radius 2 is 2.25 bits per heavy atom. The fourth-order valence-electron chi connectivity index (χ4n) is 0. The molecule has 0 amide bonds. The van der Waals surface area contributed by atoms with Crippen LogP contribution in [0, 0.1) is 0 Å². The van der Waals surface area contributed by atoms with Gasteiger partial charge in [0.05, 0.1) is 0 Å². The minimum atomic E-state index is 0.449. The summed E-state index contributed by atoms with van der Waals surface area (Å²) in [7, 11) is 2.58. The van der Waals surface area contributed by atoms with Crippen LogP contribution in [0.2, 0.25) is 0 Å². The van der Waals surface area contributed by atoms with Crippen molar-refractivity contribution in [1.82, 2.24) is 0 Å². The summed E-state index contributed by atoms with van der Waals surface area (Å²) >= 11 is 0.449. The summed E-state index contributed by atoms with van der Waals surface area (Å²) in [6, 6.07) is 0. The van der Waals surface area contributed by atoms with E-state index in [0.29, 0.717) is 21.0 Å². The van der Waals surface area contributed by atoms with Gasteiger partial charge in [-0.15, -0.1) is 0 Å². The predicted octanol–water partition coefficient (Wildman–Crippen LogP) is -2.89. The van der Waals surface area contributed by atoms with Gasteiger partial charge in [-0.3, -0.25) is 0 Å². The Morgan fingerprint density at radius 3 is 2.25 bits per heavy atom. The third-order valence-corrected chi connectivity index (χ3v) is 2.54. The van der Waals surface area contributed by atoms with E-state index in [2.05, 4.69) is 18.9 Å². The number of hydrogen-bond donors (Lipinski definition) is 0. The molecule has 25 valence electrons. The summed E-state index contributed by atoms with van der Waals surface area (Å²) < 4.78 is 0. The van der Waals surface area contributed by atoms with Crippen molar-refractivity contribution in [3.63, 3.8) is 0 Å². The van der Waals surface area contributed by atoms with E-state index in [1.165, 1.54) is 0 Å². The third-order valence-electron chi connectivity index (χ3n) is 0.126. The van der Waals surface area contributed by atoms with Gasteiger partial charge in [-0.25, -0.2) is 0 Å². The second-order valence-corrected chi connectivity index (χ2v) is 4.00. The average molecular weight is 186 g/mol. The van der Waals surface area contributed by atoms with Gasteiger partial charge in [0.1, 0.15) is 0 Å². The first kappa shape index (κ1) is 5.22. The molecule has 0 aromatic carbocycles. The number of hydrogen-bond acceptors (Lipinski definition) is 0. The summed E-state index contributed by atoms with van der Waals surface area (Å²) in [5.74, 6) is 0. The zero-order valence-electron chi connectivity index (χ0n) is 2.53. The van der Waals surface area contributed by atoms with Crippen LogP contribution in [0.15, 0.2) is 0 Å². The minimum absolute atomic E-state index is 0.449. The van der Waals surface area contributed by atoms with E-state index in [1.807, 2.05) is 0 Å². The molecule has 0 nitrogen and oxygen atoms in total. The summed E-state index contributed by atoms with van der Waals surface area (Å²) in [4.78, 5) is 4.37. The van der Waals surface area contributed by atoms with E-state index in [0.717, 1.165) is 0 Å². The van der Waals surface area contributed by atoms with Gasteiger partial charge in [-0.1, -0.05) is 0 Å². The Bertz CT molecular complexity index is 10.0. The van der Waals surface area contributed by atoms with E-state index in [9.17, 15) is 0 Å². The molecule has 0 heterocycles. The maximum atomic E-state index is 2.58. The van der Waals surface area contributed by atoms with Crippen LogP contribution < -0.4 is 21.0 Å². The molecule has 0 aliphatic rings. The summed E-state index contributed by atoms with van der Waals surface area (Å²) in [6.07, 6.45) is 0. The quantitative estimate of drug-likeness (QED) is 0.178. The third kappa shape index (κ3) is 3.22. The van der Waals surface area contributed by atoms with Gasteiger partial charge in [0.15, 0.2) is 0 Å².